The lowest BCUT2D eigenvalue weighted by Crippen LogP contribution is -2.58. The highest BCUT2D eigenvalue weighted by Crippen LogP contribution is 2.25. The van der Waals surface area contributed by atoms with E-state index in [2.05, 4.69) is 34.5 Å². The summed E-state index contributed by atoms with van der Waals surface area (Å²) in [5.41, 5.74) is 2.33. The molecular formula is C23H32N4O3. The maximum Gasteiger partial charge on any atom is 0.242 e. The van der Waals surface area contributed by atoms with E-state index in [0.29, 0.717) is 38.8 Å². The molecule has 0 unspecified atom stereocenters. The van der Waals surface area contributed by atoms with Gasteiger partial charge < -0.3 is 15.1 Å². The van der Waals surface area contributed by atoms with Gasteiger partial charge in [-0.25, -0.2) is 0 Å². The number of carbonyl (C=O) groups excluding carboxylic acids is 3. The van der Waals surface area contributed by atoms with Crippen molar-refractivity contribution in [2.45, 2.75) is 57.7 Å². The number of carbonyl (C=O) groups is 3. The van der Waals surface area contributed by atoms with Gasteiger partial charge in [-0.3, -0.25) is 19.3 Å². The largest absolute Gasteiger partial charge is 0.353 e. The Labute approximate surface area is 178 Å². The summed E-state index contributed by atoms with van der Waals surface area (Å²) >= 11 is 0. The van der Waals surface area contributed by atoms with Crippen LogP contribution in [0.4, 0.5) is 0 Å². The molecule has 162 valence electrons. The van der Waals surface area contributed by atoms with Crippen molar-refractivity contribution in [1.29, 1.82) is 0 Å². The molecular weight excluding hydrogens is 380 g/mol. The molecule has 3 amide bonds. The van der Waals surface area contributed by atoms with Gasteiger partial charge in [0.25, 0.3) is 0 Å². The number of hydrogen-bond donors (Lipinski definition) is 1. The highest BCUT2D eigenvalue weighted by Gasteiger charge is 2.36. The van der Waals surface area contributed by atoms with E-state index in [0.717, 1.165) is 18.4 Å². The molecule has 0 spiro atoms. The highest BCUT2D eigenvalue weighted by molar-refractivity contribution is 5.91. The summed E-state index contributed by atoms with van der Waals surface area (Å²) in [5, 5.41) is 2.89. The smallest absolute Gasteiger partial charge is 0.242 e. The maximum absolute atomic E-state index is 13.0. The van der Waals surface area contributed by atoms with E-state index >= 15 is 0 Å². The molecule has 1 aromatic carbocycles. The lowest BCUT2D eigenvalue weighted by molar-refractivity contribution is -0.148. The molecule has 0 aromatic heterocycles. The van der Waals surface area contributed by atoms with Gasteiger partial charge >= 0.3 is 0 Å². The molecule has 3 fully saturated rings. The minimum atomic E-state index is -0.490. The third-order valence-corrected chi connectivity index (χ3v) is 6.69. The zero-order chi connectivity index (χ0) is 21.1. The summed E-state index contributed by atoms with van der Waals surface area (Å²) < 4.78 is 0. The Balaban J connectivity index is 1.37. The summed E-state index contributed by atoms with van der Waals surface area (Å²) in [6, 6.07) is 8.13. The van der Waals surface area contributed by atoms with Gasteiger partial charge in [0.2, 0.25) is 17.7 Å². The molecule has 2 saturated heterocycles. The molecule has 0 radical (unpaired) electrons. The van der Waals surface area contributed by atoms with E-state index in [4.69, 9.17) is 0 Å². The Kier molecular flexibility index (Phi) is 6.37. The van der Waals surface area contributed by atoms with Crippen molar-refractivity contribution in [2.75, 3.05) is 32.7 Å². The van der Waals surface area contributed by atoms with Crippen LogP contribution in [0.1, 0.15) is 43.2 Å². The Hall–Kier alpha value is -2.41. The van der Waals surface area contributed by atoms with E-state index < -0.39 is 6.04 Å². The molecule has 1 N–H and O–H groups in total. The van der Waals surface area contributed by atoms with Crippen LogP contribution >= 0.6 is 0 Å². The summed E-state index contributed by atoms with van der Waals surface area (Å²) in [6.07, 6.45) is 4.65. The van der Waals surface area contributed by atoms with E-state index in [1.54, 1.807) is 4.90 Å². The summed E-state index contributed by atoms with van der Waals surface area (Å²) in [7, 11) is 0. The van der Waals surface area contributed by atoms with Crippen molar-refractivity contribution >= 4 is 17.7 Å². The summed E-state index contributed by atoms with van der Waals surface area (Å²) in [5.74, 6) is -0.158. The molecule has 30 heavy (non-hydrogen) atoms. The van der Waals surface area contributed by atoms with Crippen LogP contribution in [-0.4, -0.2) is 77.2 Å². The van der Waals surface area contributed by atoms with E-state index in [1.165, 1.54) is 18.4 Å². The molecule has 2 aliphatic heterocycles. The fourth-order valence-electron chi connectivity index (χ4n) is 4.90. The van der Waals surface area contributed by atoms with Crippen LogP contribution in [0, 0.1) is 6.92 Å². The van der Waals surface area contributed by atoms with E-state index in [9.17, 15) is 14.4 Å². The van der Waals surface area contributed by atoms with Crippen molar-refractivity contribution in [3.63, 3.8) is 0 Å². The summed E-state index contributed by atoms with van der Waals surface area (Å²) in [6.45, 7) is 5.31. The van der Waals surface area contributed by atoms with Crippen LogP contribution in [0.3, 0.4) is 0 Å². The highest BCUT2D eigenvalue weighted by atomic mass is 16.2. The Morgan fingerprint density at radius 3 is 2.50 bits per heavy atom. The standard InChI is InChI=1S/C23H32N4O3/c1-17-6-8-18(9-7-17)15-25-11-10-24-23(30)20(25)14-21(28)26-12-13-27(22(29)16-26)19-4-2-3-5-19/h6-9,19-20H,2-5,10-16H2,1H3,(H,24,30)/t20-/m1/s1. The second kappa shape index (κ2) is 9.16. The fourth-order valence-corrected chi connectivity index (χ4v) is 4.90. The average molecular weight is 413 g/mol. The maximum atomic E-state index is 13.0. The van der Waals surface area contributed by atoms with Gasteiger partial charge in [0.15, 0.2) is 0 Å². The van der Waals surface area contributed by atoms with Crippen LogP contribution in [0.5, 0.6) is 0 Å². The SMILES string of the molecule is Cc1ccc(CN2CCNC(=O)[C@H]2CC(=O)N2CCN(C3CCCC3)C(=O)C2)cc1. The van der Waals surface area contributed by atoms with Crippen molar-refractivity contribution < 1.29 is 14.4 Å². The van der Waals surface area contributed by atoms with Gasteiger partial charge in [-0.2, -0.15) is 0 Å². The molecule has 7 heteroatoms. The molecule has 2 heterocycles. The zero-order valence-corrected chi connectivity index (χ0v) is 17.8. The summed E-state index contributed by atoms with van der Waals surface area (Å²) in [4.78, 5) is 43.8. The number of aryl methyl sites for hydroxylation is 1. The number of amides is 3. The van der Waals surface area contributed by atoms with E-state index in [1.807, 2.05) is 11.8 Å². The topological polar surface area (TPSA) is 73.0 Å². The normalized spacial score (nSPS) is 23.7. The number of nitrogens with zero attached hydrogens (tertiary/aromatic N) is 3. The number of piperazine rings is 2. The number of nitrogens with one attached hydrogen (secondary N) is 1. The average Bonchev–Trinajstić information content (AvgIpc) is 3.26. The quantitative estimate of drug-likeness (QED) is 0.791. The van der Waals surface area contributed by atoms with E-state index in [-0.39, 0.29) is 30.7 Å². The Bertz CT molecular complexity index is 788. The molecule has 1 aliphatic carbocycles. The van der Waals surface area contributed by atoms with Gasteiger partial charge in [-0.1, -0.05) is 42.7 Å². The lowest BCUT2D eigenvalue weighted by Gasteiger charge is -2.39. The minimum absolute atomic E-state index is 0.0473. The molecule has 1 aromatic rings. The molecule has 0 bridgehead atoms. The first-order valence-electron chi connectivity index (χ1n) is 11.2. The van der Waals surface area contributed by atoms with Crippen LogP contribution in [-0.2, 0) is 20.9 Å². The first kappa shape index (κ1) is 20.8. The second-order valence-electron chi connectivity index (χ2n) is 8.81. The van der Waals surface area contributed by atoms with Gasteiger partial charge in [-0.15, -0.1) is 0 Å². The monoisotopic (exact) mass is 412 g/mol. The van der Waals surface area contributed by atoms with Crippen LogP contribution in [0.15, 0.2) is 24.3 Å². The third kappa shape index (κ3) is 4.67. The number of benzene rings is 1. The lowest BCUT2D eigenvalue weighted by atomic mass is 10.0. The van der Waals surface area contributed by atoms with Crippen molar-refractivity contribution in [1.82, 2.24) is 20.0 Å². The molecule has 7 nitrogen and oxygen atoms in total. The predicted molar refractivity (Wildman–Crippen MR) is 114 cm³/mol. The van der Waals surface area contributed by atoms with Gasteiger partial charge in [-0.05, 0) is 25.3 Å². The van der Waals surface area contributed by atoms with Gasteiger partial charge in [0.1, 0.15) is 0 Å². The molecule has 1 atom stereocenters. The molecule has 3 aliphatic rings. The Morgan fingerprint density at radius 2 is 1.80 bits per heavy atom. The molecule has 1 saturated carbocycles. The first-order chi connectivity index (χ1) is 14.5. The Morgan fingerprint density at radius 1 is 1.07 bits per heavy atom. The second-order valence-corrected chi connectivity index (χ2v) is 8.81. The van der Waals surface area contributed by atoms with Crippen LogP contribution in [0.2, 0.25) is 0 Å². The van der Waals surface area contributed by atoms with Crippen LogP contribution in [0.25, 0.3) is 0 Å². The predicted octanol–water partition coefficient (Wildman–Crippen LogP) is 1.30. The molecule has 4 rings (SSSR count). The van der Waals surface area contributed by atoms with Gasteiger partial charge in [0.05, 0.1) is 19.0 Å². The minimum Gasteiger partial charge on any atom is -0.353 e. The number of hydrogen-bond acceptors (Lipinski definition) is 4. The number of rotatable bonds is 5. The van der Waals surface area contributed by atoms with Crippen molar-refractivity contribution in [2.24, 2.45) is 0 Å². The zero-order valence-electron chi connectivity index (χ0n) is 17.8. The van der Waals surface area contributed by atoms with Crippen molar-refractivity contribution in [3.8, 4) is 0 Å². The van der Waals surface area contributed by atoms with Gasteiger partial charge in [0, 0.05) is 38.8 Å². The van der Waals surface area contributed by atoms with Crippen molar-refractivity contribution in [3.05, 3.63) is 35.4 Å². The first-order valence-corrected chi connectivity index (χ1v) is 11.2. The third-order valence-electron chi connectivity index (χ3n) is 6.69. The van der Waals surface area contributed by atoms with Crippen LogP contribution < -0.4 is 5.32 Å². The fraction of sp³-hybridized carbons (Fsp3) is 0.609.